The number of halogens is 1. The van der Waals surface area contributed by atoms with Crippen molar-refractivity contribution in [3.63, 3.8) is 0 Å². The number of unbranched alkanes of at least 4 members (excludes halogenated alkanes) is 1. The SMILES string of the molecule is CC(C)C(c1ccc(F)cc1)C(OCC1CC1)c1cccc2cccnc12.CCCCC(C)=O. The largest absolute Gasteiger partial charge is 0.373 e. The smallest absolute Gasteiger partial charge is 0.129 e. The van der Waals surface area contributed by atoms with E-state index in [1.807, 2.05) is 24.4 Å². The number of Topliss-reactive ketones (excluding diaryl/α,β-unsaturated/α-hetero) is 1. The zero-order chi connectivity index (χ0) is 24.5. The van der Waals surface area contributed by atoms with Crippen molar-refractivity contribution in [2.24, 2.45) is 11.8 Å². The van der Waals surface area contributed by atoms with E-state index in [1.54, 1.807) is 19.1 Å². The zero-order valence-corrected chi connectivity index (χ0v) is 21.0. The highest BCUT2D eigenvalue weighted by Gasteiger charge is 2.32. The number of hydrogen-bond acceptors (Lipinski definition) is 3. The van der Waals surface area contributed by atoms with Crippen LogP contribution in [0.1, 0.15) is 82.9 Å². The number of hydrogen-bond donors (Lipinski definition) is 0. The average molecular weight is 464 g/mol. The minimum Gasteiger partial charge on any atom is -0.373 e. The fourth-order valence-electron chi connectivity index (χ4n) is 4.29. The van der Waals surface area contributed by atoms with Crippen molar-refractivity contribution >= 4 is 16.7 Å². The van der Waals surface area contributed by atoms with Gasteiger partial charge in [0.25, 0.3) is 0 Å². The highest BCUT2D eigenvalue weighted by atomic mass is 19.1. The Labute approximate surface area is 203 Å². The molecule has 1 aliphatic rings. The van der Waals surface area contributed by atoms with Crippen molar-refractivity contribution in [1.82, 2.24) is 4.98 Å². The van der Waals surface area contributed by atoms with Crippen LogP contribution in [-0.4, -0.2) is 17.4 Å². The van der Waals surface area contributed by atoms with Crippen molar-refractivity contribution in [3.8, 4) is 0 Å². The van der Waals surface area contributed by atoms with Gasteiger partial charge in [-0.25, -0.2) is 4.39 Å². The number of benzene rings is 2. The Morgan fingerprint density at radius 2 is 1.79 bits per heavy atom. The molecule has 182 valence electrons. The first-order chi connectivity index (χ1) is 16.4. The summed E-state index contributed by atoms with van der Waals surface area (Å²) in [4.78, 5) is 14.9. The quantitative estimate of drug-likeness (QED) is 0.305. The van der Waals surface area contributed by atoms with E-state index in [4.69, 9.17) is 4.74 Å². The minimum absolute atomic E-state index is 0.102. The topological polar surface area (TPSA) is 39.2 Å². The molecule has 1 saturated carbocycles. The molecule has 2 aromatic carbocycles. The summed E-state index contributed by atoms with van der Waals surface area (Å²) < 4.78 is 20.0. The molecular formula is C30H38FNO2. The second-order valence-electron chi connectivity index (χ2n) is 9.75. The summed E-state index contributed by atoms with van der Waals surface area (Å²) in [7, 11) is 0. The van der Waals surface area contributed by atoms with Crippen LogP contribution in [0.4, 0.5) is 4.39 Å². The van der Waals surface area contributed by atoms with Gasteiger partial charge in [-0.1, -0.05) is 63.6 Å². The van der Waals surface area contributed by atoms with E-state index in [1.165, 1.54) is 12.8 Å². The van der Waals surface area contributed by atoms with Gasteiger partial charge >= 0.3 is 0 Å². The van der Waals surface area contributed by atoms with Gasteiger partial charge in [0.05, 0.1) is 18.2 Å². The normalized spacial score (nSPS) is 15.0. The average Bonchev–Trinajstić information content (AvgIpc) is 3.66. The second-order valence-corrected chi connectivity index (χ2v) is 9.75. The van der Waals surface area contributed by atoms with Crippen molar-refractivity contribution in [2.45, 2.75) is 71.8 Å². The molecular weight excluding hydrogens is 425 g/mol. The highest BCUT2D eigenvalue weighted by Crippen LogP contribution is 2.43. The van der Waals surface area contributed by atoms with Gasteiger partial charge in [-0.05, 0) is 61.8 Å². The summed E-state index contributed by atoms with van der Waals surface area (Å²) in [6, 6.07) is 17.2. The number of fused-ring (bicyclic) bond motifs is 1. The zero-order valence-electron chi connectivity index (χ0n) is 21.0. The van der Waals surface area contributed by atoms with E-state index in [2.05, 4.69) is 50.0 Å². The fourth-order valence-corrected chi connectivity index (χ4v) is 4.29. The van der Waals surface area contributed by atoms with Crippen molar-refractivity contribution in [3.05, 3.63) is 77.7 Å². The van der Waals surface area contributed by atoms with Crippen LogP contribution < -0.4 is 0 Å². The minimum atomic E-state index is -0.205. The predicted octanol–water partition coefficient (Wildman–Crippen LogP) is 8.05. The number of ketones is 1. The molecule has 0 spiro atoms. The Hall–Kier alpha value is -2.59. The van der Waals surface area contributed by atoms with Gasteiger partial charge in [-0.2, -0.15) is 0 Å². The third-order valence-electron chi connectivity index (χ3n) is 6.36. The predicted molar refractivity (Wildman–Crippen MR) is 137 cm³/mol. The van der Waals surface area contributed by atoms with Crippen LogP contribution in [0.5, 0.6) is 0 Å². The summed E-state index contributed by atoms with van der Waals surface area (Å²) in [5.41, 5.74) is 3.23. The van der Waals surface area contributed by atoms with Crippen molar-refractivity contribution < 1.29 is 13.9 Å². The molecule has 0 saturated heterocycles. The Kier molecular flexibility index (Phi) is 9.76. The molecule has 1 fully saturated rings. The van der Waals surface area contributed by atoms with Gasteiger partial charge in [0.1, 0.15) is 11.6 Å². The first-order valence-corrected chi connectivity index (χ1v) is 12.6. The summed E-state index contributed by atoms with van der Waals surface area (Å²) in [5.74, 6) is 1.26. The van der Waals surface area contributed by atoms with Crippen LogP contribution in [0, 0.1) is 17.7 Å². The first-order valence-electron chi connectivity index (χ1n) is 12.6. The molecule has 1 aromatic heterocycles. The lowest BCUT2D eigenvalue weighted by Gasteiger charge is -2.32. The van der Waals surface area contributed by atoms with Crippen LogP contribution in [0.3, 0.4) is 0 Å². The van der Waals surface area contributed by atoms with E-state index in [0.717, 1.165) is 47.9 Å². The molecule has 0 radical (unpaired) electrons. The van der Waals surface area contributed by atoms with Crippen LogP contribution in [0.25, 0.3) is 10.9 Å². The molecule has 2 atom stereocenters. The van der Waals surface area contributed by atoms with Gasteiger partial charge in [-0.3, -0.25) is 4.98 Å². The van der Waals surface area contributed by atoms with Gasteiger partial charge in [0.2, 0.25) is 0 Å². The molecule has 2 unspecified atom stereocenters. The Morgan fingerprint density at radius 3 is 2.38 bits per heavy atom. The van der Waals surface area contributed by atoms with E-state index < -0.39 is 0 Å². The number of aromatic nitrogens is 1. The van der Waals surface area contributed by atoms with Gasteiger partial charge in [-0.15, -0.1) is 0 Å². The number of carbonyl (C=O) groups excluding carboxylic acids is 1. The summed E-state index contributed by atoms with van der Waals surface area (Å²) in [6.07, 6.45) is 7.18. The van der Waals surface area contributed by atoms with Crippen molar-refractivity contribution in [1.29, 1.82) is 0 Å². The van der Waals surface area contributed by atoms with Crippen LogP contribution in [0.2, 0.25) is 0 Å². The lowest BCUT2D eigenvalue weighted by atomic mass is 9.80. The number of ether oxygens (including phenoxy) is 1. The fraction of sp³-hybridized carbons (Fsp3) is 0.467. The molecule has 4 rings (SSSR count). The number of carbonyl (C=O) groups is 1. The standard InChI is InChI=1S/C24H26FNO.C6H12O/c1-16(2)22(18-10-12-20(25)13-11-18)24(27-15-17-8-9-17)21-7-3-5-19-6-4-14-26-23(19)21;1-3-4-5-6(2)7/h3-7,10-14,16-17,22,24H,8-9,15H2,1-2H3;3-5H2,1-2H3. The molecule has 34 heavy (non-hydrogen) atoms. The molecule has 1 aliphatic carbocycles. The Balaban J connectivity index is 0.000000406. The lowest BCUT2D eigenvalue weighted by Crippen LogP contribution is -2.21. The number of para-hydroxylation sites is 1. The van der Waals surface area contributed by atoms with Gasteiger partial charge < -0.3 is 9.53 Å². The van der Waals surface area contributed by atoms with E-state index >= 15 is 0 Å². The third-order valence-corrected chi connectivity index (χ3v) is 6.36. The molecule has 0 aliphatic heterocycles. The first kappa shape index (κ1) is 26.0. The summed E-state index contributed by atoms with van der Waals surface area (Å²) in [5, 5.41) is 1.12. The molecule has 1 heterocycles. The molecule has 0 bridgehead atoms. The maximum Gasteiger partial charge on any atom is 0.129 e. The molecule has 3 nitrogen and oxygen atoms in total. The maximum atomic E-state index is 13.5. The Bertz CT molecular complexity index is 1040. The lowest BCUT2D eigenvalue weighted by molar-refractivity contribution is -0.117. The molecule has 0 N–H and O–H groups in total. The third kappa shape index (κ3) is 7.46. The molecule has 3 aromatic rings. The van der Waals surface area contributed by atoms with E-state index in [-0.39, 0.29) is 17.8 Å². The molecule has 4 heteroatoms. The second kappa shape index (κ2) is 12.8. The summed E-state index contributed by atoms with van der Waals surface area (Å²) in [6.45, 7) is 8.91. The van der Waals surface area contributed by atoms with Gasteiger partial charge in [0.15, 0.2) is 0 Å². The van der Waals surface area contributed by atoms with Crippen LogP contribution in [-0.2, 0) is 9.53 Å². The van der Waals surface area contributed by atoms with E-state index in [0.29, 0.717) is 17.6 Å². The maximum absolute atomic E-state index is 13.5. The van der Waals surface area contributed by atoms with Crippen LogP contribution in [0.15, 0.2) is 60.8 Å². The molecule has 0 amide bonds. The monoisotopic (exact) mass is 463 g/mol. The Morgan fingerprint density at radius 1 is 1.09 bits per heavy atom. The number of pyridine rings is 1. The van der Waals surface area contributed by atoms with E-state index in [9.17, 15) is 9.18 Å². The number of nitrogens with zero attached hydrogens (tertiary/aromatic N) is 1. The van der Waals surface area contributed by atoms with Gasteiger partial charge in [0, 0.05) is 29.5 Å². The highest BCUT2D eigenvalue weighted by molar-refractivity contribution is 5.82. The number of rotatable bonds is 10. The summed E-state index contributed by atoms with van der Waals surface area (Å²) >= 11 is 0. The van der Waals surface area contributed by atoms with Crippen LogP contribution >= 0.6 is 0 Å². The van der Waals surface area contributed by atoms with Crippen molar-refractivity contribution in [2.75, 3.05) is 6.61 Å².